The molecule has 21 heavy (non-hydrogen) atoms. The molecule has 0 fully saturated rings. The van der Waals surface area contributed by atoms with E-state index in [1.165, 1.54) is 23.5 Å². The molecule has 0 aliphatic carbocycles. The molecule has 0 aliphatic heterocycles. The predicted molar refractivity (Wildman–Crippen MR) is 77.9 cm³/mol. The van der Waals surface area contributed by atoms with Crippen molar-refractivity contribution in [2.24, 2.45) is 0 Å². The molecule has 0 aliphatic rings. The first-order valence-corrected chi connectivity index (χ1v) is 8.01. The number of nitrogens with zero attached hydrogens (tertiary/aromatic N) is 2. The van der Waals surface area contributed by atoms with E-state index in [0.29, 0.717) is 5.56 Å². The van der Waals surface area contributed by atoms with Crippen LogP contribution in [-0.4, -0.2) is 44.6 Å². The third kappa shape index (κ3) is 4.79. The average molecular weight is 312 g/mol. The normalized spacial score (nSPS) is 13.1. The Bertz CT molecular complexity index is 576. The van der Waals surface area contributed by atoms with Crippen molar-refractivity contribution in [2.45, 2.75) is 24.3 Å². The molecule has 1 aromatic carbocycles. The fourth-order valence-corrected chi connectivity index (χ4v) is 3.21. The molecule has 0 aromatic heterocycles. The van der Waals surface area contributed by atoms with Crippen molar-refractivity contribution in [3.63, 3.8) is 0 Å². The Kier molecular flexibility index (Phi) is 6.78. The number of sulfonamides is 1. The molecule has 6 nitrogen and oxygen atoms in total. The van der Waals surface area contributed by atoms with Crippen LogP contribution in [0.25, 0.3) is 0 Å². The van der Waals surface area contributed by atoms with E-state index >= 15 is 0 Å². The number of hydrogen-bond donors (Lipinski definition) is 1. The summed E-state index contributed by atoms with van der Waals surface area (Å²) >= 11 is 0. The first-order valence-electron chi connectivity index (χ1n) is 6.57. The van der Waals surface area contributed by atoms with Gasteiger partial charge in [0.2, 0.25) is 10.0 Å². The van der Waals surface area contributed by atoms with Gasteiger partial charge in [0.1, 0.15) is 0 Å². The topological polar surface area (TPSA) is 90.6 Å². The van der Waals surface area contributed by atoms with E-state index in [2.05, 4.69) is 0 Å². The number of aliphatic hydroxyl groups is 1. The third-order valence-electron chi connectivity index (χ3n) is 3.02. The fourth-order valence-electron chi connectivity index (χ4n) is 1.79. The zero-order valence-electron chi connectivity index (χ0n) is 12.2. The standard InChI is InChI=1S/C14H20N2O4S/c1-12(17)13-4-6-14(7-5-13)21(18,19)16(9-3-8-15)10-11-20-2/h4-7,12,17H,3,9-11H2,1-2H3. The summed E-state index contributed by atoms with van der Waals surface area (Å²) in [6.45, 7) is 2.19. The first kappa shape index (κ1) is 17.6. The van der Waals surface area contributed by atoms with E-state index in [1.54, 1.807) is 19.1 Å². The number of aliphatic hydroxyl groups excluding tert-OH is 1. The summed E-state index contributed by atoms with van der Waals surface area (Å²) in [5.74, 6) is 0. The Morgan fingerprint density at radius 1 is 1.33 bits per heavy atom. The minimum Gasteiger partial charge on any atom is -0.389 e. The van der Waals surface area contributed by atoms with Gasteiger partial charge in [-0.05, 0) is 24.6 Å². The summed E-state index contributed by atoms with van der Waals surface area (Å²) < 4.78 is 31.2. The molecule has 1 unspecified atom stereocenters. The van der Waals surface area contributed by atoms with Crippen LogP contribution >= 0.6 is 0 Å². The van der Waals surface area contributed by atoms with Crippen molar-refractivity contribution < 1.29 is 18.3 Å². The Morgan fingerprint density at radius 3 is 2.43 bits per heavy atom. The van der Waals surface area contributed by atoms with Crippen LogP contribution < -0.4 is 0 Å². The van der Waals surface area contributed by atoms with Gasteiger partial charge >= 0.3 is 0 Å². The van der Waals surface area contributed by atoms with E-state index in [0.717, 1.165) is 0 Å². The lowest BCUT2D eigenvalue weighted by molar-refractivity contribution is 0.179. The number of methoxy groups -OCH3 is 1. The van der Waals surface area contributed by atoms with E-state index < -0.39 is 16.1 Å². The summed E-state index contributed by atoms with van der Waals surface area (Å²) in [4.78, 5) is 0.140. The highest BCUT2D eigenvalue weighted by Gasteiger charge is 2.23. The Balaban J connectivity index is 3.00. The van der Waals surface area contributed by atoms with Crippen LogP contribution in [0, 0.1) is 11.3 Å². The monoisotopic (exact) mass is 312 g/mol. The highest BCUT2D eigenvalue weighted by atomic mass is 32.2. The molecule has 7 heteroatoms. The SMILES string of the molecule is COCCN(CCC#N)S(=O)(=O)c1ccc(C(C)O)cc1. The minimum absolute atomic E-state index is 0.120. The molecule has 0 heterocycles. The molecule has 0 amide bonds. The molecular formula is C14H20N2O4S. The molecule has 1 atom stereocenters. The van der Waals surface area contributed by atoms with Gasteiger partial charge in [0, 0.05) is 26.6 Å². The molecule has 1 N–H and O–H groups in total. The predicted octanol–water partition coefficient (Wildman–Crippen LogP) is 1.29. The van der Waals surface area contributed by atoms with Crippen molar-refractivity contribution in [3.8, 4) is 6.07 Å². The van der Waals surface area contributed by atoms with Crippen LogP contribution in [0.3, 0.4) is 0 Å². The number of hydrogen-bond acceptors (Lipinski definition) is 5. The summed E-state index contributed by atoms with van der Waals surface area (Å²) in [6, 6.07) is 8.03. The van der Waals surface area contributed by atoms with Crippen LogP contribution in [0.4, 0.5) is 0 Å². The minimum atomic E-state index is -3.67. The lowest BCUT2D eigenvalue weighted by atomic mass is 10.1. The largest absolute Gasteiger partial charge is 0.389 e. The second-order valence-electron chi connectivity index (χ2n) is 4.55. The molecular weight excluding hydrogens is 292 g/mol. The van der Waals surface area contributed by atoms with Crippen molar-refractivity contribution in [3.05, 3.63) is 29.8 Å². The molecule has 1 rings (SSSR count). The van der Waals surface area contributed by atoms with Gasteiger partial charge in [-0.1, -0.05) is 12.1 Å². The van der Waals surface area contributed by atoms with Gasteiger partial charge in [-0.25, -0.2) is 8.42 Å². The maximum Gasteiger partial charge on any atom is 0.243 e. The molecule has 0 spiro atoms. The van der Waals surface area contributed by atoms with E-state index in [1.807, 2.05) is 6.07 Å². The summed E-state index contributed by atoms with van der Waals surface area (Å²) in [6.07, 6.45) is -0.528. The number of nitriles is 1. The molecule has 116 valence electrons. The summed E-state index contributed by atoms with van der Waals surface area (Å²) in [7, 11) is -2.17. The highest BCUT2D eigenvalue weighted by Crippen LogP contribution is 2.19. The van der Waals surface area contributed by atoms with Gasteiger partial charge in [-0.15, -0.1) is 0 Å². The van der Waals surface area contributed by atoms with Crippen molar-refractivity contribution in [1.29, 1.82) is 5.26 Å². The van der Waals surface area contributed by atoms with Gasteiger partial charge in [-0.3, -0.25) is 0 Å². The lowest BCUT2D eigenvalue weighted by Crippen LogP contribution is -2.34. The van der Waals surface area contributed by atoms with Gasteiger partial charge < -0.3 is 9.84 Å². The number of rotatable bonds is 8. The average Bonchev–Trinajstić information content (AvgIpc) is 2.47. The van der Waals surface area contributed by atoms with E-state index in [4.69, 9.17) is 10.00 Å². The highest BCUT2D eigenvalue weighted by molar-refractivity contribution is 7.89. The first-order chi connectivity index (χ1) is 9.93. The van der Waals surface area contributed by atoms with Crippen LogP contribution in [0.15, 0.2) is 29.2 Å². The van der Waals surface area contributed by atoms with Crippen molar-refractivity contribution in [1.82, 2.24) is 4.31 Å². The van der Waals surface area contributed by atoms with Crippen LogP contribution in [0.2, 0.25) is 0 Å². The Morgan fingerprint density at radius 2 is 1.95 bits per heavy atom. The Labute approximate surface area is 125 Å². The zero-order chi connectivity index (χ0) is 15.9. The quantitative estimate of drug-likeness (QED) is 0.781. The van der Waals surface area contributed by atoms with Crippen molar-refractivity contribution >= 4 is 10.0 Å². The van der Waals surface area contributed by atoms with Crippen LogP contribution in [0.5, 0.6) is 0 Å². The summed E-state index contributed by atoms with van der Waals surface area (Å²) in [5, 5.41) is 18.1. The summed E-state index contributed by atoms with van der Waals surface area (Å²) in [5.41, 5.74) is 0.648. The van der Waals surface area contributed by atoms with Gasteiger partial charge in [0.05, 0.1) is 23.7 Å². The second-order valence-corrected chi connectivity index (χ2v) is 6.49. The molecule has 0 bridgehead atoms. The smallest absolute Gasteiger partial charge is 0.243 e. The molecule has 0 saturated carbocycles. The maximum atomic E-state index is 12.5. The lowest BCUT2D eigenvalue weighted by Gasteiger charge is -2.21. The number of ether oxygens (including phenoxy) is 1. The maximum absolute atomic E-state index is 12.5. The fraction of sp³-hybridized carbons (Fsp3) is 0.500. The molecule has 0 radical (unpaired) electrons. The van der Waals surface area contributed by atoms with Crippen LogP contribution in [0.1, 0.15) is 25.0 Å². The second kappa shape index (κ2) is 8.10. The zero-order valence-corrected chi connectivity index (χ0v) is 13.0. The van der Waals surface area contributed by atoms with Gasteiger partial charge in [0.25, 0.3) is 0 Å². The van der Waals surface area contributed by atoms with E-state index in [-0.39, 0.29) is 31.0 Å². The third-order valence-corrected chi connectivity index (χ3v) is 4.93. The molecule has 0 saturated heterocycles. The number of benzene rings is 1. The molecule has 1 aromatic rings. The van der Waals surface area contributed by atoms with Crippen molar-refractivity contribution in [2.75, 3.05) is 26.8 Å². The Hall–Kier alpha value is -1.46. The van der Waals surface area contributed by atoms with E-state index in [9.17, 15) is 13.5 Å². The van der Waals surface area contributed by atoms with Crippen LogP contribution in [-0.2, 0) is 14.8 Å². The van der Waals surface area contributed by atoms with Gasteiger partial charge in [0.15, 0.2) is 0 Å². The van der Waals surface area contributed by atoms with Gasteiger partial charge in [-0.2, -0.15) is 9.57 Å².